The lowest BCUT2D eigenvalue weighted by molar-refractivity contribution is -0.124. The maximum Gasteiger partial charge on any atom is 0.429 e. The van der Waals surface area contributed by atoms with Gasteiger partial charge in [-0.3, -0.25) is 19.3 Å². The number of fused-ring (bicyclic) bond motifs is 1. The number of hydrogen-bond donors (Lipinski definition) is 3. The van der Waals surface area contributed by atoms with E-state index in [4.69, 9.17) is 4.74 Å². The van der Waals surface area contributed by atoms with Gasteiger partial charge in [-0.05, 0) is 37.0 Å². The summed E-state index contributed by atoms with van der Waals surface area (Å²) in [7, 11) is 1.55. The summed E-state index contributed by atoms with van der Waals surface area (Å²) in [5.74, 6) is -0.817. The van der Waals surface area contributed by atoms with Crippen molar-refractivity contribution in [3.63, 3.8) is 0 Å². The topological polar surface area (TPSA) is 144 Å². The van der Waals surface area contributed by atoms with Gasteiger partial charge in [0, 0.05) is 35.2 Å². The molecule has 3 amide bonds. The number of nitrogens with zero attached hydrogens (tertiary/aromatic N) is 1. The lowest BCUT2D eigenvalue weighted by Crippen LogP contribution is -2.49. The number of carbonyl (C=O) groups is 4. The van der Waals surface area contributed by atoms with Gasteiger partial charge in [-0.1, -0.05) is 19.9 Å². The maximum absolute atomic E-state index is 13.3. The second-order valence-corrected chi connectivity index (χ2v) is 10.4. The van der Waals surface area contributed by atoms with Gasteiger partial charge in [0.15, 0.2) is 5.78 Å². The molecule has 11 heteroatoms. The Morgan fingerprint density at radius 1 is 1.31 bits per heavy atom. The van der Waals surface area contributed by atoms with E-state index in [0.29, 0.717) is 25.1 Å². The van der Waals surface area contributed by atoms with Crippen LogP contribution in [-0.2, 0) is 20.8 Å². The van der Waals surface area contributed by atoms with E-state index >= 15 is 0 Å². The van der Waals surface area contributed by atoms with Crippen LogP contribution >= 0.6 is 0 Å². The smallest absolute Gasteiger partial charge is 0.429 e. The number of amides is 3. The Labute approximate surface area is 207 Å². The van der Waals surface area contributed by atoms with Gasteiger partial charge in [0.25, 0.3) is 5.91 Å². The van der Waals surface area contributed by atoms with E-state index in [0.717, 1.165) is 10.9 Å². The van der Waals surface area contributed by atoms with Gasteiger partial charge >= 0.3 is 5.24 Å². The number of Topliss-reactive ketones (excluding diaryl/α,β-unsaturated/α-hetero) is 1. The van der Waals surface area contributed by atoms with Crippen molar-refractivity contribution in [1.29, 1.82) is 0 Å². The predicted octanol–water partition coefficient (Wildman–Crippen LogP) is 1.83. The molecule has 1 fully saturated rings. The van der Waals surface area contributed by atoms with Crippen molar-refractivity contribution in [1.82, 2.24) is 20.5 Å². The normalized spacial score (nSPS) is 17.2. The Morgan fingerprint density at radius 3 is 2.66 bits per heavy atom. The zero-order valence-electron chi connectivity index (χ0n) is 20.4. The van der Waals surface area contributed by atoms with Gasteiger partial charge in [-0.15, -0.1) is 0 Å². The maximum atomic E-state index is 13.3. The monoisotopic (exact) mass is 504 g/mol. The molecule has 35 heavy (non-hydrogen) atoms. The number of benzene rings is 1. The highest BCUT2D eigenvalue weighted by Gasteiger charge is 2.34. The molecule has 0 bridgehead atoms. The van der Waals surface area contributed by atoms with E-state index in [2.05, 4.69) is 15.6 Å². The Kier molecular flexibility index (Phi) is 8.79. The molecular formula is C24H32N4O6S. The van der Waals surface area contributed by atoms with Crippen LogP contribution in [0.2, 0.25) is 0 Å². The lowest BCUT2D eigenvalue weighted by atomic mass is 9.99. The minimum Gasteiger partial charge on any atom is -0.608 e. The standard InChI is InChI=1S/C24H32N4O6S/c1-14(2)10-18(27-23(31)19-11-16-17(26-19)6-5-7-21(16)34-3)20(29)13-28(24(32)35(4)33)12-15-8-9-25-22(15)30/h5-7,11,14-15,18,26H,8-10,12-13H2,1-4H3,(H,25,30)(H,27,31)/t15-,18-,35?/m0/s1. The Morgan fingerprint density at radius 2 is 2.06 bits per heavy atom. The molecule has 2 aromatic rings. The molecule has 0 aliphatic carbocycles. The van der Waals surface area contributed by atoms with Crippen LogP contribution in [0.5, 0.6) is 5.75 Å². The third kappa shape index (κ3) is 6.55. The van der Waals surface area contributed by atoms with Gasteiger partial charge < -0.3 is 24.9 Å². The molecule has 1 aliphatic rings. The minimum absolute atomic E-state index is 0.000143. The molecule has 2 heterocycles. The molecule has 1 saturated heterocycles. The van der Waals surface area contributed by atoms with Crippen LogP contribution in [0.4, 0.5) is 4.79 Å². The number of aromatic amines is 1. The fraction of sp³-hybridized carbons (Fsp3) is 0.500. The molecule has 190 valence electrons. The van der Waals surface area contributed by atoms with Crippen LogP contribution in [0, 0.1) is 11.8 Å². The zero-order valence-corrected chi connectivity index (χ0v) is 21.2. The third-order valence-corrected chi connectivity index (χ3v) is 6.69. The van der Waals surface area contributed by atoms with Crippen molar-refractivity contribution < 1.29 is 28.5 Å². The number of carbonyl (C=O) groups excluding carboxylic acids is 4. The molecular weight excluding hydrogens is 472 g/mol. The second-order valence-electron chi connectivity index (χ2n) is 9.10. The van der Waals surface area contributed by atoms with Crippen LogP contribution in [-0.4, -0.2) is 76.3 Å². The SMILES string of the molecule is COc1cccc2[nH]c(C(=O)N[C@@H](CC(C)C)C(=O)CN(C[C@@H]3CCNC3=O)C(=O)[S+](C)[O-])cc12. The lowest BCUT2D eigenvalue weighted by Gasteiger charge is -2.26. The quantitative estimate of drug-likeness (QED) is 0.421. The Hall–Kier alpha value is -3.05. The number of aromatic nitrogens is 1. The van der Waals surface area contributed by atoms with E-state index in [1.54, 1.807) is 25.3 Å². The first-order valence-corrected chi connectivity index (χ1v) is 13.1. The van der Waals surface area contributed by atoms with E-state index in [1.165, 1.54) is 11.2 Å². The van der Waals surface area contributed by atoms with Gasteiger partial charge in [0.1, 0.15) is 17.7 Å². The van der Waals surface area contributed by atoms with Crippen molar-refractivity contribution in [3.05, 3.63) is 30.0 Å². The number of ether oxygens (including phenoxy) is 1. The second kappa shape index (κ2) is 11.6. The molecule has 3 rings (SSSR count). The van der Waals surface area contributed by atoms with Crippen LogP contribution < -0.4 is 15.4 Å². The van der Waals surface area contributed by atoms with E-state index in [9.17, 15) is 23.7 Å². The molecule has 0 saturated carbocycles. The summed E-state index contributed by atoms with van der Waals surface area (Å²) in [6.07, 6.45) is 2.13. The first-order chi connectivity index (χ1) is 16.6. The van der Waals surface area contributed by atoms with Crippen molar-refractivity contribution in [2.45, 2.75) is 32.7 Å². The molecule has 1 aromatic carbocycles. The number of hydrogen-bond acceptors (Lipinski definition) is 6. The molecule has 1 aliphatic heterocycles. The van der Waals surface area contributed by atoms with Gasteiger partial charge in [-0.25, -0.2) is 4.79 Å². The van der Waals surface area contributed by atoms with Crippen LogP contribution in [0.25, 0.3) is 10.9 Å². The fourth-order valence-electron chi connectivity index (χ4n) is 4.17. The minimum atomic E-state index is -1.85. The third-order valence-electron chi connectivity index (χ3n) is 5.94. The summed E-state index contributed by atoms with van der Waals surface area (Å²) in [6.45, 7) is 4.00. The Bertz CT molecular complexity index is 1100. The van der Waals surface area contributed by atoms with E-state index in [1.807, 2.05) is 19.9 Å². The summed E-state index contributed by atoms with van der Waals surface area (Å²) in [6, 6.07) is 6.21. The van der Waals surface area contributed by atoms with Crippen molar-refractivity contribution >= 4 is 44.9 Å². The highest BCUT2D eigenvalue weighted by atomic mass is 32.2. The average molecular weight is 505 g/mol. The van der Waals surface area contributed by atoms with Crippen LogP contribution in [0.3, 0.4) is 0 Å². The van der Waals surface area contributed by atoms with Crippen molar-refractivity contribution in [3.8, 4) is 5.75 Å². The number of nitrogens with one attached hydrogen (secondary N) is 3. The molecule has 1 unspecified atom stereocenters. The van der Waals surface area contributed by atoms with Crippen molar-refractivity contribution in [2.24, 2.45) is 11.8 Å². The summed E-state index contributed by atoms with van der Waals surface area (Å²) < 4.78 is 17.2. The zero-order chi connectivity index (χ0) is 25.7. The number of methoxy groups -OCH3 is 1. The highest BCUT2D eigenvalue weighted by molar-refractivity contribution is 8.05. The molecule has 3 atom stereocenters. The summed E-state index contributed by atoms with van der Waals surface area (Å²) in [5, 5.41) is 5.51. The first-order valence-electron chi connectivity index (χ1n) is 11.5. The van der Waals surface area contributed by atoms with E-state index in [-0.39, 0.29) is 30.6 Å². The molecule has 10 nitrogen and oxygen atoms in total. The van der Waals surface area contributed by atoms with Crippen molar-refractivity contribution in [2.75, 3.05) is 33.0 Å². The van der Waals surface area contributed by atoms with Crippen LogP contribution in [0.1, 0.15) is 37.2 Å². The molecule has 1 aromatic heterocycles. The van der Waals surface area contributed by atoms with Gasteiger partial charge in [0.05, 0.1) is 25.6 Å². The molecule has 0 spiro atoms. The summed E-state index contributed by atoms with van der Waals surface area (Å²) in [4.78, 5) is 55.1. The Balaban J connectivity index is 1.77. The highest BCUT2D eigenvalue weighted by Crippen LogP contribution is 2.26. The average Bonchev–Trinajstić information content (AvgIpc) is 3.43. The molecule has 3 N–H and O–H groups in total. The molecule has 0 radical (unpaired) electrons. The first kappa shape index (κ1) is 26.6. The van der Waals surface area contributed by atoms with Gasteiger partial charge in [-0.2, -0.15) is 0 Å². The fourth-order valence-corrected chi connectivity index (χ4v) is 4.68. The summed E-state index contributed by atoms with van der Waals surface area (Å²) in [5.41, 5.74) is 0.995. The summed E-state index contributed by atoms with van der Waals surface area (Å²) >= 11 is -1.85. The predicted molar refractivity (Wildman–Crippen MR) is 133 cm³/mol. The largest absolute Gasteiger partial charge is 0.608 e. The van der Waals surface area contributed by atoms with Crippen LogP contribution in [0.15, 0.2) is 24.3 Å². The number of H-pyrrole nitrogens is 1. The van der Waals surface area contributed by atoms with E-state index < -0.39 is 40.1 Å². The number of ketones is 1. The van der Waals surface area contributed by atoms with Gasteiger partial charge in [0.2, 0.25) is 5.91 Å². The number of rotatable bonds is 10.